The molecule has 0 saturated heterocycles. The summed E-state index contributed by atoms with van der Waals surface area (Å²) >= 11 is 6.34. The molecule has 0 aliphatic carbocycles. The molecule has 0 fully saturated rings. The Hall–Kier alpha value is -1.44. The van der Waals surface area contributed by atoms with Gasteiger partial charge in [-0.15, -0.1) is 23.5 Å². The number of amides is 2. The maximum Gasteiger partial charge on any atom is 0.234 e. The summed E-state index contributed by atoms with van der Waals surface area (Å²) in [6, 6.07) is 15.5. The fourth-order valence-electron chi connectivity index (χ4n) is 1.99. The molecule has 0 aromatic heterocycles. The largest absolute Gasteiger partial charge is 0.351 e. The Morgan fingerprint density at radius 3 is 2.44 bits per heavy atom. The molecule has 0 saturated carbocycles. The lowest BCUT2D eigenvalue weighted by molar-refractivity contribution is -0.118. The number of anilines is 1. The summed E-state index contributed by atoms with van der Waals surface area (Å²) in [6.45, 7) is 0.498. The van der Waals surface area contributed by atoms with Gasteiger partial charge in [-0.2, -0.15) is 0 Å². The lowest BCUT2D eigenvalue weighted by Crippen LogP contribution is -2.25. The highest BCUT2D eigenvalue weighted by atomic mass is 79.9. The third kappa shape index (κ3) is 7.54. The summed E-state index contributed by atoms with van der Waals surface area (Å²) in [4.78, 5) is 24.9. The van der Waals surface area contributed by atoms with Crippen LogP contribution in [0.4, 0.5) is 5.69 Å². The van der Waals surface area contributed by atoms with Crippen molar-refractivity contribution in [3.63, 3.8) is 0 Å². The predicted molar refractivity (Wildman–Crippen MR) is 110 cm³/mol. The van der Waals surface area contributed by atoms with Crippen LogP contribution >= 0.6 is 39.5 Å². The molecule has 2 N–H and O–H groups in total. The molecule has 4 nitrogen and oxygen atoms in total. The molecule has 0 atom stereocenters. The van der Waals surface area contributed by atoms with Crippen LogP contribution < -0.4 is 10.6 Å². The second-order valence-electron chi connectivity index (χ2n) is 5.18. The minimum absolute atomic E-state index is 0.0748. The maximum absolute atomic E-state index is 11.9. The molecule has 7 heteroatoms. The highest BCUT2D eigenvalue weighted by Crippen LogP contribution is 2.16. The number of carbonyl (C=O) groups excluding carboxylic acids is 2. The van der Waals surface area contributed by atoms with Crippen LogP contribution in [0.15, 0.2) is 57.9 Å². The van der Waals surface area contributed by atoms with Gasteiger partial charge in [-0.1, -0.05) is 34.1 Å². The number of rotatable bonds is 8. The summed E-state index contributed by atoms with van der Waals surface area (Å²) in [6.07, 6.45) is 2.03. The second-order valence-corrected chi connectivity index (χ2v) is 7.96. The van der Waals surface area contributed by atoms with Gasteiger partial charge >= 0.3 is 0 Å². The average Bonchev–Trinajstić information content (AvgIpc) is 2.60. The van der Waals surface area contributed by atoms with E-state index >= 15 is 0 Å². The van der Waals surface area contributed by atoms with Gasteiger partial charge in [0.15, 0.2) is 0 Å². The summed E-state index contributed by atoms with van der Waals surface area (Å²) in [5.74, 6) is 0.301. The maximum atomic E-state index is 11.9. The lowest BCUT2D eigenvalue weighted by atomic mass is 10.2. The number of hydrogen-bond acceptors (Lipinski definition) is 4. The summed E-state index contributed by atoms with van der Waals surface area (Å²) in [5.41, 5.74) is 1.79. The first-order chi connectivity index (χ1) is 12.1. The lowest BCUT2D eigenvalue weighted by Gasteiger charge is -2.07. The van der Waals surface area contributed by atoms with Gasteiger partial charge < -0.3 is 10.6 Å². The van der Waals surface area contributed by atoms with E-state index in [2.05, 4.69) is 26.6 Å². The highest BCUT2D eigenvalue weighted by Gasteiger charge is 2.06. The molecule has 0 radical (unpaired) electrons. The van der Waals surface area contributed by atoms with Crippen LogP contribution in [0, 0.1) is 0 Å². The summed E-state index contributed by atoms with van der Waals surface area (Å²) in [7, 11) is 0. The number of halogens is 1. The van der Waals surface area contributed by atoms with Crippen LogP contribution in [-0.2, 0) is 16.1 Å². The minimum atomic E-state index is -0.122. The van der Waals surface area contributed by atoms with Crippen molar-refractivity contribution < 1.29 is 9.59 Å². The molecule has 0 aliphatic rings. The Balaban J connectivity index is 1.65. The summed E-state index contributed by atoms with van der Waals surface area (Å²) < 4.78 is 0.905. The van der Waals surface area contributed by atoms with Gasteiger partial charge in [0.1, 0.15) is 0 Å². The SMILES string of the molecule is CSc1ccc(CNC(=O)CSCC(=O)Nc2cccc(Br)c2)cc1. The van der Waals surface area contributed by atoms with Gasteiger partial charge in [0, 0.05) is 21.6 Å². The first-order valence-electron chi connectivity index (χ1n) is 7.59. The van der Waals surface area contributed by atoms with E-state index in [0.29, 0.717) is 6.54 Å². The van der Waals surface area contributed by atoms with E-state index in [1.54, 1.807) is 11.8 Å². The average molecular weight is 439 g/mol. The number of carbonyl (C=O) groups is 2. The third-order valence-corrected chi connectivity index (χ3v) is 5.39. The van der Waals surface area contributed by atoms with Crippen LogP contribution in [0.1, 0.15) is 5.56 Å². The summed E-state index contributed by atoms with van der Waals surface area (Å²) in [5, 5.41) is 5.66. The topological polar surface area (TPSA) is 58.2 Å². The second kappa shape index (κ2) is 10.5. The number of nitrogens with one attached hydrogen (secondary N) is 2. The van der Waals surface area contributed by atoms with Crippen LogP contribution in [0.2, 0.25) is 0 Å². The first-order valence-corrected chi connectivity index (χ1v) is 10.8. The smallest absolute Gasteiger partial charge is 0.234 e. The van der Waals surface area contributed by atoms with Crippen molar-refractivity contribution in [2.75, 3.05) is 23.1 Å². The molecule has 132 valence electrons. The van der Waals surface area contributed by atoms with Crippen molar-refractivity contribution in [1.29, 1.82) is 0 Å². The fraction of sp³-hybridized carbons (Fsp3) is 0.222. The Kier molecular flexibility index (Phi) is 8.37. The van der Waals surface area contributed by atoms with E-state index in [1.807, 2.05) is 54.8 Å². The zero-order valence-corrected chi connectivity index (χ0v) is 17.0. The Labute approximate surface area is 164 Å². The van der Waals surface area contributed by atoms with Gasteiger partial charge in [0.25, 0.3) is 0 Å². The number of benzene rings is 2. The molecular formula is C18H19BrN2O2S2. The van der Waals surface area contributed by atoms with E-state index in [0.717, 1.165) is 15.7 Å². The molecular weight excluding hydrogens is 420 g/mol. The molecule has 0 spiro atoms. The van der Waals surface area contributed by atoms with E-state index in [9.17, 15) is 9.59 Å². The molecule has 0 heterocycles. The van der Waals surface area contributed by atoms with Crippen molar-refractivity contribution in [3.05, 3.63) is 58.6 Å². The zero-order valence-electron chi connectivity index (χ0n) is 13.8. The van der Waals surface area contributed by atoms with Gasteiger partial charge in [0.2, 0.25) is 11.8 Å². The zero-order chi connectivity index (χ0) is 18.1. The van der Waals surface area contributed by atoms with Crippen molar-refractivity contribution in [2.45, 2.75) is 11.4 Å². The molecule has 2 amide bonds. The first kappa shape index (κ1) is 19.9. The number of hydrogen-bond donors (Lipinski definition) is 2. The Morgan fingerprint density at radius 1 is 1.04 bits per heavy atom. The van der Waals surface area contributed by atoms with Crippen molar-refractivity contribution in [3.8, 4) is 0 Å². The molecule has 2 rings (SSSR count). The van der Waals surface area contributed by atoms with Crippen LogP contribution in [-0.4, -0.2) is 29.6 Å². The standard InChI is InChI=1S/C18H19BrN2O2S2/c1-24-16-7-5-13(6-8-16)10-20-17(22)11-25-12-18(23)21-15-4-2-3-14(19)9-15/h2-9H,10-12H2,1H3,(H,20,22)(H,21,23). The predicted octanol–water partition coefficient (Wildman–Crippen LogP) is 4.16. The van der Waals surface area contributed by atoms with Crippen LogP contribution in [0.3, 0.4) is 0 Å². The molecule has 2 aromatic rings. The molecule has 2 aromatic carbocycles. The minimum Gasteiger partial charge on any atom is -0.351 e. The van der Waals surface area contributed by atoms with Crippen molar-refractivity contribution in [2.24, 2.45) is 0 Å². The third-order valence-electron chi connectivity index (χ3n) is 3.22. The van der Waals surface area contributed by atoms with E-state index in [-0.39, 0.29) is 23.3 Å². The van der Waals surface area contributed by atoms with E-state index in [4.69, 9.17) is 0 Å². The fourth-order valence-corrected chi connectivity index (χ4v) is 3.45. The van der Waals surface area contributed by atoms with Gasteiger partial charge in [0.05, 0.1) is 11.5 Å². The van der Waals surface area contributed by atoms with Gasteiger partial charge in [-0.25, -0.2) is 0 Å². The van der Waals surface area contributed by atoms with E-state index < -0.39 is 0 Å². The van der Waals surface area contributed by atoms with Crippen LogP contribution in [0.25, 0.3) is 0 Å². The highest BCUT2D eigenvalue weighted by molar-refractivity contribution is 9.10. The monoisotopic (exact) mass is 438 g/mol. The Morgan fingerprint density at radius 2 is 1.76 bits per heavy atom. The van der Waals surface area contributed by atoms with Gasteiger partial charge in [-0.05, 0) is 42.2 Å². The number of thioether (sulfide) groups is 2. The quantitative estimate of drug-likeness (QED) is 0.607. The Bertz CT molecular complexity index is 723. The molecule has 0 aliphatic heterocycles. The van der Waals surface area contributed by atoms with Crippen molar-refractivity contribution in [1.82, 2.24) is 5.32 Å². The molecule has 25 heavy (non-hydrogen) atoms. The normalized spacial score (nSPS) is 10.3. The van der Waals surface area contributed by atoms with Crippen molar-refractivity contribution >= 4 is 57.0 Å². The molecule has 0 unspecified atom stereocenters. The van der Waals surface area contributed by atoms with E-state index in [1.165, 1.54) is 16.7 Å². The van der Waals surface area contributed by atoms with Gasteiger partial charge in [-0.3, -0.25) is 9.59 Å². The molecule has 0 bridgehead atoms. The van der Waals surface area contributed by atoms with Crippen LogP contribution in [0.5, 0.6) is 0 Å².